The van der Waals surface area contributed by atoms with Crippen molar-refractivity contribution in [1.82, 2.24) is 10.2 Å². The Labute approximate surface area is 73.1 Å². The van der Waals surface area contributed by atoms with E-state index in [1.807, 2.05) is 0 Å². The number of fused-ring (bicyclic) bond motifs is 1. The predicted molar refractivity (Wildman–Crippen MR) is 46.8 cm³/mol. The van der Waals surface area contributed by atoms with Crippen LogP contribution in [0.5, 0.6) is 0 Å². The molecule has 0 spiro atoms. The lowest BCUT2D eigenvalue weighted by atomic mass is 9.88. The van der Waals surface area contributed by atoms with Gasteiger partial charge in [-0.25, -0.2) is 0 Å². The standard InChI is InChI=1S/C9H16N2O/c1-11-6-9(12)10-7-4-2-3-5-8(7)11/h7-8H,2-6H2,1H3,(H,10,12)/t7-,8-/m0/s1. The zero-order valence-electron chi connectivity index (χ0n) is 7.55. The minimum atomic E-state index is 0.195. The van der Waals surface area contributed by atoms with Gasteiger partial charge >= 0.3 is 0 Å². The van der Waals surface area contributed by atoms with Crippen molar-refractivity contribution < 1.29 is 4.79 Å². The summed E-state index contributed by atoms with van der Waals surface area (Å²) < 4.78 is 0. The van der Waals surface area contributed by atoms with E-state index in [1.54, 1.807) is 0 Å². The molecule has 0 unspecified atom stereocenters. The SMILES string of the molecule is CN1CC(=O)N[C@H]2CCCC[C@@H]21. The quantitative estimate of drug-likeness (QED) is 0.566. The maximum absolute atomic E-state index is 11.2. The Morgan fingerprint density at radius 1 is 1.42 bits per heavy atom. The van der Waals surface area contributed by atoms with E-state index in [9.17, 15) is 4.79 Å². The van der Waals surface area contributed by atoms with Crippen molar-refractivity contribution >= 4 is 5.91 Å². The van der Waals surface area contributed by atoms with Crippen LogP contribution in [0.2, 0.25) is 0 Å². The highest BCUT2D eigenvalue weighted by Gasteiger charge is 2.33. The van der Waals surface area contributed by atoms with Crippen LogP contribution >= 0.6 is 0 Å². The van der Waals surface area contributed by atoms with Gasteiger partial charge in [-0.1, -0.05) is 12.8 Å². The molecule has 68 valence electrons. The van der Waals surface area contributed by atoms with E-state index in [-0.39, 0.29) is 5.91 Å². The highest BCUT2D eigenvalue weighted by atomic mass is 16.2. The highest BCUT2D eigenvalue weighted by Crippen LogP contribution is 2.24. The lowest BCUT2D eigenvalue weighted by Crippen LogP contribution is -2.60. The first kappa shape index (κ1) is 8.05. The van der Waals surface area contributed by atoms with Crippen molar-refractivity contribution in [2.24, 2.45) is 0 Å². The van der Waals surface area contributed by atoms with E-state index in [0.29, 0.717) is 18.6 Å². The average molecular weight is 168 g/mol. The fourth-order valence-electron chi connectivity index (χ4n) is 2.40. The number of likely N-dealkylation sites (N-methyl/N-ethyl adjacent to an activating group) is 1. The van der Waals surface area contributed by atoms with Crippen LogP contribution in [0.3, 0.4) is 0 Å². The molecule has 2 atom stereocenters. The molecule has 1 saturated carbocycles. The highest BCUT2D eigenvalue weighted by molar-refractivity contribution is 5.79. The second kappa shape index (κ2) is 3.05. The van der Waals surface area contributed by atoms with Gasteiger partial charge in [-0.05, 0) is 19.9 Å². The van der Waals surface area contributed by atoms with Gasteiger partial charge in [0, 0.05) is 12.1 Å². The van der Waals surface area contributed by atoms with Crippen LogP contribution in [0.4, 0.5) is 0 Å². The van der Waals surface area contributed by atoms with E-state index in [2.05, 4.69) is 17.3 Å². The van der Waals surface area contributed by atoms with Gasteiger partial charge in [0.1, 0.15) is 0 Å². The summed E-state index contributed by atoms with van der Waals surface area (Å²) in [6.45, 7) is 0.584. The molecule has 0 bridgehead atoms. The van der Waals surface area contributed by atoms with Gasteiger partial charge in [0.2, 0.25) is 5.91 Å². The van der Waals surface area contributed by atoms with E-state index in [1.165, 1.54) is 25.7 Å². The summed E-state index contributed by atoms with van der Waals surface area (Å²) in [6, 6.07) is 1.04. The molecule has 1 heterocycles. The smallest absolute Gasteiger partial charge is 0.234 e. The van der Waals surface area contributed by atoms with Crippen LogP contribution in [-0.4, -0.2) is 36.5 Å². The molecule has 2 aliphatic rings. The number of hydrogen-bond donors (Lipinski definition) is 1. The first-order chi connectivity index (χ1) is 5.77. The minimum absolute atomic E-state index is 0.195. The topological polar surface area (TPSA) is 32.3 Å². The summed E-state index contributed by atoms with van der Waals surface area (Å²) in [5.41, 5.74) is 0. The van der Waals surface area contributed by atoms with Crippen molar-refractivity contribution in [2.75, 3.05) is 13.6 Å². The van der Waals surface area contributed by atoms with E-state index in [4.69, 9.17) is 0 Å². The van der Waals surface area contributed by atoms with Gasteiger partial charge in [-0.3, -0.25) is 9.69 Å². The molecule has 1 aliphatic heterocycles. The Morgan fingerprint density at radius 3 is 3.00 bits per heavy atom. The van der Waals surface area contributed by atoms with E-state index < -0.39 is 0 Å². The maximum atomic E-state index is 11.2. The van der Waals surface area contributed by atoms with Gasteiger partial charge in [-0.15, -0.1) is 0 Å². The summed E-state index contributed by atoms with van der Waals surface area (Å²) in [5, 5.41) is 3.07. The lowest BCUT2D eigenvalue weighted by molar-refractivity contribution is -0.127. The number of nitrogens with zero attached hydrogens (tertiary/aromatic N) is 1. The number of rotatable bonds is 0. The summed E-state index contributed by atoms with van der Waals surface area (Å²) in [4.78, 5) is 13.4. The molecule has 1 saturated heterocycles. The molecule has 3 heteroatoms. The largest absolute Gasteiger partial charge is 0.351 e. The van der Waals surface area contributed by atoms with Crippen molar-refractivity contribution in [3.63, 3.8) is 0 Å². The lowest BCUT2D eigenvalue weighted by Gasteiger charge is -2.42. The van der Waals surface area contributed by atoms with Crippen molar-refractivity contribution in [2.45, 2.75) is 37.8 Å². The average Bonchev–Trinajstić information content (AvgIpc) is 2.04. The fraction of sp³-hybridized carbons (Fsp3) is 0.889. The van der Waals surface area contributed by atoms with Crippen LogP contribution in [-0.2, 0) is 4.79 Å². The molecule has 12 heavy (non-hydrogen) atoms. The summed E-state index contributed by atoms with van der Waals surface area (Å²) in [5.74, 6) is 0.195. The fourth-order valence-corrected chi connectivity index (χ4v) is 2.40. The maximum Gasteiger partial charge on any atom is 0.234 e. The second-order valence-electron chi connectivity index (χ2n) is 3.94. The predicted octanol–water partition coefficient (Wildman–Crippen LogP) is 0.359. The normalized spacial score (nSPS) is 37.2. The van der Waals surface area contributed by atoms with Gasteiger partial charge in [0.15, 0.2) is 0 Å². The Balaban J connectivity index is 2.06. The van der Waals surface area contributed by atoms with E-state index in [0.717, 1.165) is 0 Å². The third-order valence-corrected chi connectivity index (χ3v) is 3.04. The molecule has 2 rings (SSSR count). The summed E-state index contributed by atoms with van der Waals surface area (Å²) in [7, 11) is 2.06. The molecular weight excluding hydrogens is 152 g/mol. The molecule has 0 aromatic rings. The number of piperazine rings is 1. The van der Waals surface area contributed by atoms with Crippen LogP contribution in [0.1, 0.15) is 25.7 Å². The van der Waals surface area contributed by atoms with Crippen LogP contribution in [0, 0.1) is 0 Å². The molecule has 2 fully saturated rings. The molecule has 1 aliphatic carbocycles. The zero-order chi connectivity index (χ0) is 8.55. The zero-order valence-corrected chi connectivity index (χ0v) is 7.55. The number of carbonyl (C=O) groups excluding carboxylic acids is 1. The molecule has 0 aromatic heterocycles. The van der Waals surface area contributed by atoms with Gasteiger partial charge in [0.25, 0.3) is 0 Å². The Hall–Kier alpha value is -0.570. The molecule has 1 N–H and O–H groups in total. The van der Waals surface area contributed by atoms with Crippen LogP contribution in [0.25, 0.3) is 0 Å². The Morgan fingerprint density at radius 2 is 2.17 bits per heavy atom. The summed E-state index contributed by atoms with van der Waals surface area (Å²) >= 11 is 0. The van der Waals surface area contributed by atoms with Crippen LogP contribution < -0.4 is 5.32 Å². The first-order valence-electron chi connectivity index (χ1n) is 4.77. The third-order valence-electron chi connectivity index (χ3n) is 3.04. The van der Waals surface area contributed by atoms with Gasteiger partial charge in [-0.2, -0.15) is 0 Å². The molecule has 1 amide bonds. The third kappa shape index (κ3) is 1.33. The van der Waals surface area contributed by atoms with Gasteiger partial charge in [0.05, 0.1) is 6.54 Å². The Bertz CT molecular complexity index is 193. The molecule has 0 radical (unpaired) electrons. The molecule has 0 aromatic carbocycles. The van der Waals surface area contributed by atoms with Crippen molar-refractivity contribution in [3.8, 4) is 0 Å². The number of nitrogens with one attached hydrogen (secondary N) is 1. The van der Waals surface area contributed by atoms with E-state index >= 15 is 0 Å². The monoisotopic (exact) mass is 168 g/mol. The molecule has 3 nitrogen and oxygen atoms in total. The van der Waals surface area contributed by atoms with Crippen molar-refractivity contribution in [3.05, 3.63) is 0 Å². The number of amides is 1. The number of hydrogen-bond acceptors (Lipinski definition) is 2. The Kier molecular flexibility index (Phi) is 2.05. The molecular formula is C9H16N2O. The number of carbonyl (C=O) groups is 1. The first-order valence-corrected chi connectivity index (χ1v) is 4.77. The summed E-state index contributed by atoms with van der Waals surface area (Å²) in [6.07, 6.45) is 5.01. The second-order valence-corrected chi connectivity index (χ2v) is 3.94. The van der Waals surface area contributed by atoms with Crippen molar-refractivity contribution in [1.29, 1.82) is 0 Å². The van der Waals surface area contributed by atoms with Crippen LogP contribution in [0.15, 0.2) is 0 Å². The van der Waals surface area contributed by atoms with Gasteiger partial charge < -0.3 is 5.32 Å². The minimum Gasteiger partial charge on any atom is -0.351 e.